The number of hydrogen-bond acceptors (Lipinski definition) is 2. The van der Waals surface area contributed by atoms with Crippen LogP contribution in [0.25, 0.3) is 0 Å². The predicted octanol–water partition coefficient (Wildman–Crippen LogP) is 1.49. The molecule has 0 N–H and O–H groups in total. The Bertz CT molecular complexity index is 150. The number of Topliss-reactive ketones (excluding diaryl/α,β-unsaturated/α-hetero) is 1. The number of ketones is 1. The fourth-order valence-electron chi connectivity index (χ4n) is 0.476. The maximum absolute atomic E-state index is 11.4. The van der Waals surface area contributed by atoms with E-state index in [2.05, 4.69) is 0 Å². The Hall–Kier alpha value is -0.870. The van der Waals surface area contributed by atoms with Gasteiger partial charge in [0.2, 0.25) is 0 Å². The first-order chi connectivity index (χ1) is 4.95. The second kappa shape index (κ2) is 4.10. The number of alkyl halides is 3. The summed E-state index contributed by atoms with van der Waals surface area (Å²) >= 11 is 0. The Morgan fingerprint density at radius 2 is 1.91 bits per heavy atom. The summed E-state index contributed by atoms with van der Waals surface area (Å²) in [6.07, 6.45) is -6.16. The molecule has 0 heterocycles. The summed E-state index contributed by atoms with van der Waals surface area (Å²) in [6, 6.07) is 0. The van der Waals surface area contributed by atoms with Gasteiger partial charge in [-0.15, -0.1) is 0 Å². The molecule has 0 radical (unpaired) electrons. The fraction of sp³-hybridized carbons (Fsp3) is 0.667. The van der Waals surface area contributed by atoms with Crippen LogP contribution < -0.4 is 0 Å². The molecule has 64 valence electrons. The number of carbonyl (C=O) groups is 2. The summed E-state index contributed by atoms with van der Waals surface area (Å²) in [5.41, 5.74) is 0. The molecule has 0 aromatic heterocycles. The molecule has 0 unspecified atom stereocenters. The largest absolute Gasteiger partial charge is 0.389 e. The van der Waals surface area contributed by atoms with E-state index >= 15 is 0 Å². The van der Waals surface area contributed by atoms with Crippen LogP contribution in [-0.2, 0) is 9.59 Å². The summed E-state index contributed by atoms with van der Waals surface area (Å²) in [7, 11) is 0. The summed E-state index contributed by atoms with van der Waals surface area (Å²) in [6.45, 7) is 0. The van der Waals surface area contributed by atoms with Crippen LogP contribution in [0.2, 0.25) is 0 Å². The second-order valence-electron chi connectivity index (χ2n) is 2.02. The second-order valence-corrected chi connectivity index (χ2v) is 2.02. The Labute approximate surface area is 61.4 Å². The van der Waals surface area contributed by atoms with E-state index in [0.717, 1.165) is 0 Å². The van der Waals surface area contributed by atoms with Crippen molar-refractivity contribution in [2.75, 3.05) is 0 Å². The number of halogens is 3. The van der Waals surface area contributed by atoms with Gasteiger partial charge in [-0.2, -0.15) is 13.2 Å². The maximum Gasteiger partial charge on any atom is 0.389 e. The highest BCUT2D eigenvalue weighted by molar-refractivity contribution is 5.89. The molecule has 0 saturated carbocycles. The van der Waals surface area contributed by atoms with E-state index in [0.29, 0.717) is 6.29 Å². The highest BCUT2D eigenvalue weighted by Gasteiger charge is 2.27. The zero-order chi connectivity index (χ0) is 8.91. The van der Waals surface area contributed by atoms with Crippen LogP contribution in [0.15, 0.2) is 0 Å². The minimum Gasteiger partial charge on any atom is -0.303 e. The van der Waals surface area contributed by atoms with Crippen molar-refractivity contribution in [2.24, 2.45) is 0 Å². The monoisotopic (exact) mass is 168 g/mol. The molecule has 0 fully saturated rings. The molecule has 0 aliphatic rings. The van der Waals surface area contributed by atoms with Gasteiger partial charge >= 0.3 is 6.18 Å². The molecule has 0 saturated heterocycles. The van der Waals surface area contributed by atoms with Crippen LogP contribution >= 0.6 is 0 Å². The fourth-order valence-corrected chi connectivity index (χ4v) is 0.476. The van der Waals surface area contributed by atoms with Gasteiger partial charge in [-0.05, 0) is 0 Å². The number of hydrogen-bond donors (Lipinski definition) is 0. The normalized spacial score (nSPS) is 11.2. The standard InChI is InChI=1S/C6H7F3O2/c7-6(8,9)3-1-5(11)2-4-10/h4H,1-3H2. The van der Waals surface area contributed by atoms with Gasteiger partial charge in [-0.1, -0.05) is 0 Å². The molecule has 0 aromatic carbocycles. The van der Waals surface area contributed by atoms with Crippen molar-refractivity contribution in [1.82, 2.24) is 0 Å². The summed E-state index contributed by atoms with van der Waals surface area (Å²) < 4.78 is 34.2. The Balaban J connectivity index is 3.54. The van der Waals surface area contributed by atoms with Gasteiger partial charge in [0.05, 0.1) is 12.8 Å². The van der Waals surface area contributed by atoms with Gasteiger partial charge < -0.3 is 4.79 Å². The van der Waals surface area contributed by atoms with E-state index in [1.807, 2.05) is 0 Å². The van der Waals surface area contributed by atoms with E-state index in [1.165, 1.54) is 0 Å². The molecule has 0 atom stereocenters. The van der Waals surface area contributed by atoms with Crippen molar-refractivity contribution in [1.29, 1.82) is 0 Å². The van der Waals surface area contributed by atoms with E-state index in [1.54, 1.807) is 0 Å². The molecule has 0 aliphatic heterocycles. The van der Waals surface area contributed by atoms with Crippen LogP contribution in [0.1, 0.15) is 19.3 Å². The summed E-state index contributed by atoms with van der Waals surface area (Å²) in [4.78, 5) is 20.0. The Kier molecular flexibility index (Phi) is 3.78. The van der Waals surface area contributed by atoms with Gasteiger partial charge in [-0.3, -0.25) is 4.79 Å². The molecule has 0 bridgehead atoms. The third kappa shape index (κ3) is 7.02. The van der Waals surface area contributed by atoms with E-state index in [4.69, 9.17) is 0 Å². The first-order valence-corrected chi connectivity index (χ1v) is 2.98. The Morgan fingerprint density at radius 1 is 1.36 bits per heavy atom. The highest BCUT2D eigenvalue weighted by atomic mass is 19.4. The predicted molar refractivity (Wildman–Crippen MR) is 31.0 cm³/mol. The lowest BCUT2D eigenvalue weighted by atomic mass is 10.2. The third-order valence-corrected chi connectivity index (χ3v) is 0.998. The van der Waals surface area contributed by atoms with Crippen molar-refractivity contribution in [3.8, 4) is 0 Å². The van der Waals surface area contributed by atoms with Gasteiger partial charge in [0, 0.05) is 6.42 Å². The molecule has 2 nitrogen and oxygen atoms in total. The van der Waals surface area contributed by atoms with Crippen LogP contribution in [0, 0.1) is 0 Å². The van der Waals surface area contributed by atoms with Crippen molar-refractivity contribution in [3.05, 3.63) is 0 Å². The zero-order valence-electron chi connectivity index (χ0n) is 5.65. The van der Waals surface area contributed by atoms with Crippen molar-refractivity contribution < 1.29 is 22.8 Å². The van der Waals surface area contributed by atoms with Gasteiger partial charge in [0.25, 0.3) is 0 Å². The minimum atomic E-state index is -4.31. The Morgan fingerprint density at radius 3 is 2.27 bits per heavy atom. The van der Waals surface area contributed by atoms with Crippen LogP contribution in [0.4, 0.5) is 13.2 Å². The average molecular weight is 168 g/mol. The third-order valence-electron chi connectivity index (χ3n) is 0.998. The number of rotatable bonds is 4. The van der Waals surface area contributed by atoms with E-state index in [9.17, 15) is 22.8 Å². The van der Waals surface area contributed by atoms with E-state index in [-0.39, 0.29) is 0 Å². The molecule has 0 spiro atoms. The maximum atomic E-state index is 11.4. The quantitative estimate of drug-likeness (QED) is 0.470. The topological polar surface area (TPSA) is 34.1 Å². The first-order valence-electron chi connectivity index (χ1n) is 2.98. The zero-order valence-corrected chi connectivity index (χ0v) is 5.65. The SMILES string of the molecule is O=CCC(=O)CCC(F)(F)F. The van der Waals surface area contributed by atoms with Crippen molar-refractivity contribution in [3.63, 3.8) is 0 Å². The van der Waals surface area contributed by atoms with Crippen LogP contribution in [0.3, 0.4) is 0 Å². The lowest BCUT2D eigenvalue weighted by Crippen LogP contribution is -2.10. The molecular formula is C6H7F3O2. The molecule has 0 amide bonds. The van der Waals surface area contributed by atoms with Gasteiger partial charge in [-0.25, -0.2) is 0 Å². The van der Waals surface area contributed by atoms with Crippen molar-refractivity contribution >= 4 is 12.1 Å². The molecule has 0 aliphatic carbocycles. The first kappa shape index (κ1) is 10.1. The van der Waals surface area contributed by atoms with Crippen molar-refractivity contribution in [2.45, 2.75) is 25.4 Å². The molecule has 0 aromatic rings. The molecular weight excluding hydrogens is 161 g/mol. The molecule has 11 heavy (non-hydrogen) atoms. The smallest absolute Gasteiger partial charge is 0.303 e. The van der Waals surface area contributed by atoms with E-state index < -0.39 is 31.2 Å². The number of carbonyl (C=O) groups excluding carboxylic acids is 2. The lowest BCUT2D eigenvalue weighted by Gasteiger charge is -2.02. The average Bonchev–Trinajstić information content (AvgIpc) is 1.83. The molecule has 0 rings (SSSR count). The summed E-state index contributed by atoms with van der Waals surface area (Å²) in [5, 5.41) is 0. The molecule has 5 heteroatoms. The number of aldehydes is 1. The minimum absolute atomic E-state index is 0.304. The van der Waals surface area contributed by atoms with Crippen LogP contribution in [0.5, 0.6) is 0 Å². The summed E-state index contributed by atoms with van der Waals surface area (Å²) in [5.74, 6) is -0.669. The lowest BCUT2D eigenvalue weighted by molar-refractivity contribution is -0.143. The highest BCUT2D eigenvalue weighted by Crippen LogP contribution is 2.21. The van der Waals surface area contributed by atoms with Gasteiger partial charge in [0.1, 0.15) is 12.1 Å². The van der Waals surface area contributed by atoms with Crippen LogP contribution in [-0.4, -0.2) is 18.2 Å². The van der Waals surface area contributed by atoms with Gasteiger partial charge in [0.15, 0.2) is 0 Å².